The van der Waals surface area contributed by atoms with E-state index in [2.05, 4.69) is 16.8 Å². The molecule has 1 aromatic carbocycles. The van der Waals surface area contributed by atoms with E-state index in [9.17, 15) is 19.7 Å². The lowest BCUT2D eigenvalue weighted by atomic mass is 10.2. The molecule has 1 aromatic heterocycles. The number of aromatic amines is 1. The van der Waals surface area contributed by atoms with Crippen LogP contribution in [0.5, 0.6) is 0 Å². The minimum Gasteiger partial charge on any atom is -0.295 e. The first-order valence-corrected chi connectivity index (χ1v) is 6.01. The Labute approximate surface area is 119 Å². The molecule has 1 heterocycles. The number of H-pyrrole nitrogens is 1. The van der Waals surface area contributed by atoms with Crippen LogP contribution in [-0.4, -0.2) is 14.5 Å². The van der Waals surface area contributed by atoms with Crippen LogP contribution in [0.2, 0.25) is 0 Å². The molecule has 0 saturated carbocycles. The van der Waals surface area contributed by atoms with Crippen molar-refractivity contribution in [3.05, 3.63) is 72.5 Å². The van der Waals surface area contributed by atoms with E-state index in [0.29, 0.717) is 5.56 Å². The van der Waals surface area contributed by atoms with Gasteiger partial charge >= 0.3 is 5.69 Å². The van der Waals surface area contributed by atoms with Gasteiger partial charge in [-0.25, -0.2) is 4.79 Å². The van der Waals surface area contributed by atoms with Gasteiger partial charge in [0.1, 0.15) is 5.56 Å². The summed E-state index contributed by atoms with van der Waals surface area (Å²) in [5.74, 6) is 5.21. The van der Waals surface area contributed by atoms with Crippen molar-refractivity contribution in [2.75, 3.05) is 0 Å². The number of non-ortho nitro benzene ring substituents is 1. The first-order valence-electron chi connectivity index (χ1n) is 6.01. The molecule has 0 spiro atoms. The van der Waals surface area contributed by atoms with Crippen molar-refractivity contribution >= 4 is 5.69 Å². The van der Waals surface area contributed by atoms with Gasteiger partial charge in [-0.2, -0.15) is 0 Å². The Bertz CT molecular complexity index is 851. The highest BCUT2D eigenvalue weighted by atomic mass is 16.6. The Morgan fingerprint density at radius 3 is 2.52 bits per heavy atom. The number of nitrogens with zero attached hydrogens (tertiary/aromatic N) is 2. The van der Waals surface area contributed by atoms with E-state index in [1.807, 2.05) is 0 Å². The summed E-state index contributed by atoms with van der Waals surface area (Å²) < 4.78 is 1.29. The van der Waals surface area contributed by atoms with Crippen LogP contribution in [0, 0.1) is 22.0 Å². The van der Waals surface area contributed by atoms with Crippen molar-refractivity contribution in [2.45, 2.75) is 13.5 Å². The first kappa shape index (κ1) is 14.3. The highest BCUT2D eigenvalue weighted by Crippen LogP contribution is 2.12. The number of hydrogen-bond acceptors (Lipinski definition) is 4. The van der Waals surface area contributed by atoms with Crippen LogP contribution in [0.15, 0.2) is 40.1 Å². The number of hydrogen-bond donors (Lipinski definition) is 1. The predicted octanol–water partition coefficient (Wildman–Crippen LogP) is 0.864. The molecule has 0 bridgehead atoms. The number of aromatic nitrogens is 2. The maximum atomic E-state index is 11.7. The van der Waals surface area contributed by atoms with Crippen molar-refractivity contribution in [3.8, 4) is 11.8 Å². The van der Waals surface area contributed by atoms with Crippen LogP contribution in [-0.2, 0) is 6.54 Å². The van der Waals surface area contributed by atoms with E-state index in [1.165, 1.54) is 22.9 Å². The van der Waals surface area contributed by atoms with Gasteiger partial charge < -0.3 is 0 Å². The topological polar surface area (TPSA) is 98.0 Å². The molecule has 0 aliphatic heterocycles. The van der Waals surface area contributed by atoms with E-state index in [1.54, 1.807) is 19.1 Å². The van der Waals surface area contributed by atoms with E-state index in [0.717, 1.165) is 0 Å². The van der Waals surface area contributed by atoms with Gasteiger partial charge in [-0.15, -0.1) is 5.92 Å². The molecule has 0 saturated heterocycles. The molecule has 0 atom stereocenters. The lowest BCUT2D eigenvalue weighted by Gasteiger charge is -2.05. The molecule has 2 rings (SSSR count). The third-order valence-electron chi connectivity index (χ3n) is 2.77. The number of nitro benzene ring substituents is 1. The summed E-state index contributed by atoms with van der Waals surface area (Å²) in [4.78, 5) is 35.5. The van der Waals surface area contributed by atoms with Crippen molar-refractivity contribution < 1.29 is 4.92 Å². The van der Waals surface area contributed by atoms with Gasteiger partial charge in [0.2, 0.25) is 0 Å². The lowest BCUT2D eigenvalue weighted by molar-refractivity contribution is -0.384. The Morgan fingerprint density at radius 1 is 1.29 bits per heavy atom. The fraction of sp³-hybridized carbons (Fsp3) is 0.143. The van der Waals surface area contributed by atoms with Crippen LogP contribution < -0.4 is 11.2 Å². The third kappa shape index (κ3) is 3.25. The van der Waals surface area contributed by atoms with E-state index in [-0.39, 0.29) is 17.8 Å². The van der Waals surface area contributed by atoms with Crippen molar-refractivity contribution in [2.24, 2.45) is 0 Å². The van der Waals surface area contributed by atoms with Gasteiger partial charge in [-0.05, 0) is 12.5 Å². The molecule has 106 valence electrons. The number of nitro groups is 1. The normalized spacial score (nSPS) is 9.76. The third-order valence-corrected chi connectivity index (χ3v) is 2.77. The average molecular weight is 285 g/mol. The van der Waals surface area contributed by atoms with Crippen LogP contribution in [0.25, 0.3) is 0 Å². The van der Waals surface area contributed by atoms with E-state index in [4.69, 9.17) is 0 Å². The van der Waals surface area contributed by atoms with Crippen molar-refractivity contribution in [1.29, 1.82) is 0 Å². The molecule has 0 fully saturated rings. The van der Waals surface area contributed by atoms with Gasteiger partial charge in [0.05, 0.1) is 11.5 Å². The summed E-state index contributed by atoms with van der Waals surface area (Å²) in [6.07, 6.45) is 1.37. The van der Waals surface area contributed by atoms with Crippen molar-refractivity contribution in [1.82, 2.24) is 9.55 Å². The van der Waals surface area contributed by atoms with E-state index >= 15 is 0 Å². The van der Waals surface area contributed by atoms with Crippen molar-refractivity contribution in [3.63, 3.8) is 0 Å². The number of benzene rings is 1. The maximum absolute atomic E-state index is 11.7. The summed E-state index contributed by atoms with van der Waals surface area (Å²) in [7, 11) is 0. The number of nitrogens with one attached hydrogen (secondary N) is 1. The fourth-order valence-electron chi connectivity index (χ4n) is 1.77. The molecule has 7 nitrogen and oxygen atoms in total. The molecule has 0 aliphatic carbocycles. The maximum Gasteiger partial charge on any atom is 0.328 e. The zero-order chi connectivity index (χ0) is 15.4. The molecule has 0 unspecified atom stereocenters. The van der Waals surface area contributed by atoms with Gasteiger partial charge in [-0.3, -0.25) is 24.5 Å². The highest BCUT2D eigenvalue weighted by molar-refractivity contribution is 5.33. The van der Waals surface area contributed by atoms with E-state index < -0.39 is 16.2 Å². The molecular weight excluding hydrogens is 274 g/mol. The minimum atomic E-state index is -0.556. The van der Waals surface area contributed by atoms with Gasteiger partial charge in [-0.1, -0.05) is 18.1 Å². The molecular formula is C14H11N3O4. The standard InChI is InChI=1S/C14H11N3O4/c1-2-3-11-9-16(14(19)15-13(11)18)8-10-4-6-12(7-5-10)17(20)21/h4-7,9H,8H2,1H3,(H,15,18,19). The second-order valence-corrected chi connectivity index (χ2v) is 4.23. The molecule has 21 heavy (non-hydrogen) atoms. The summed E-state index contributed by atoms with van der Waals surface area (Å²) in [6, 6.07) is 5.83. The number of rotatable bonds is 3. The van der Waals surface area contributed by atoms with Gasteiger partial charge in [0.25, 0.3) is 11.2 Å². The molecule has 2 aromatic rings. The predicted molar refractivity (Wildman–Crippen MR) is 76.1 cm³/mol. The quantitative estimate of drug-likeness (QED) is 0.514. The first-order chi connectivity index (χ1) is 10.0. The Morgan fingerprint density at radius 2 is 1.95 bits per heavy atom. The Hall–Kier alpha value is -3.14. The lowest BCUT2D eigenvalue weighted by Crippen LogP contribution is -2.31. The van der Waals surface area contributed by atoms with Crippen LogP contribution in [0.3, 0.4) is 0 Å². The zero-order valence-corrected chi connectivity index (χ0v) is 11.1. The minimum absolute atomic E-state index is 0.0231. The molecule has 0 radical (unpaired) electrons. The molecule has 0 amide bonds. The Kier molecular flexibility index (Phi) is 4.00. The molecule has 7 heteroatoms. The summed E-state index contributed by atoms with van der Waals surface area (Å²) in [5.41, 5.74) is -0.219. The smallest absolute Gasteiger partial charge is 0.295 e. The fourth-order valence-corrected chi connectivity index (χ4v) is 1.77. The largest absolute Gasteiger partial charge is 0.328 e. The summed E-state index contributed by atoms with van der Waals surface area (Å²) in [5, 5.41) is 10.6. The molecule has 0 aliphatic rings. The Balaban J connectivity index is 2.36. The monoisotopic (exact) mass is 285 g/mol. The van der Waals surface area contributed by atoms with Gasteiger partial charge in [0.15, 0.2) is 0 Å². The SMILES string of the molecule is CC#Cc1cn(Cc2ccc([N+](=O)[O-])cc2)c(=O)[nH]c1=O. The average Bonchev–Trinajstić information content (AvgIpc) is 2.45. The molecule has 1 N–H and O–H groups in total. The zero-order valence-electron chi connectivity index (χ0n) is 11.1. The van der Waals surface area contributed by atoms with Crippen LogP contribution in [0.1, 0.15) is 18.1 Å². The second kappa shape index (κ2) is 5.88. The highest BCUT2D eigenvalue weighted by Gasteiger charge is 2.06. The summed E-state index contributed by atoms with van der Waals surface area (Å²) >= 11 is 0. The van der Waals surface area contributed by atoms with Crippen LogP contribution in [0.4, 0.5) is 5.69 Å². The second-order valence-electron chi connectivity index (χ2n) is 4.23. The van der Waals surface area contributed by atoms with Crippen LogP contribution >= 0.6 is 0 Å². The van der Waals surface area contributed by atoms with Gasteiger partial charge in [0, 0.05) is 18.3 Å². The summed E-state index contributed by atoms with van der Waals surface area (Å²) in [6.45, 7) is 1.78.